The van der Waals surface area contributed by atoms with Crippen molar-refractivity contribution in [1.82, 2.24) is 0 Å². The van der Waals surface area contributed by atoms with Gasteiger partial charge in [0.25, 0.3) is 0 Å². The van der Waals surface area contributed by atoms with Crippen LogP contribution in [0.15, 0.2) is 83.9 Å². The number of benzene rings is 3. The number of hydrogen-bond donors (Lipinski definition) is 4. The van der Waals surface area contributed by atoms with E-state index in [1.807, 2.05) is 43.3 Å². The largest absolute Gasteiger partial charge is 0.508 e. The van der Waals surface area contributed by atoms with Crippen LogP contribution in [0.4, 0.5) is 5.69 Å². The number of phenols is 1. The number of carbonyl (C=O) groups is 2. The molecule has 3 aliphatic rings. The number of aromatic hydroxyl groups is 1. The van der Waals surface area contributed by atoms with Crippen LogP contribution in [0.25, 0.3) is 11.6 Å². The van der Waals surface area contributed by atoms with Crippen LogP contribution in [0.1, 0.15) is 43.7 Å². The van der Waals surface area contributed by atoms with E-state index in [1.165, 1.54) is 23.1 Å². The molecule has 230 valence electrons. The van der Waals surface area contributed by atoms with Gasteiger partial charge < -0.3 is 24.8 Å². The standard InChI is InChI=1S/C34H34B2ClNO7/c1-2-20-16-27-32(34(41)38(33(27)40)25-10-6-9-24(17-25)36(43)44)28-19-35(42)45-30(31(20)28)14-12-22(21-7-4-3-5-8-21)15-23-11-13-26(39)18-29(23)37/h3-11,13,15,17-18,27-28,30,32,39,42-44H,2,12,14,16,19H2,1H3/b22-15-/t27-,28+,30-,32-/m1/s1. The zero-order valence-electron chi connectivity index (χ0n) is 24.8. The Morgan fingerprint density at radius 3 is 2.53 bits per heavy atom. The molecule has 0 radical (unpaired) electrons. The van der Waals surface area contributed by atoms with Gasteiger partial charge in [-0.3, -0.25) is 14.5 Å². The zero-order valence-corrected chi connectivity index (χ0v) is 25.6. The number of nitrogens with zero attached hydrogens (tertiary/aromatic N) is 1. The van der Waals surface area contributed by atoms with Crippen LogP contribution in [0.5, 0.6) is 5.75 Å². The molecule has 2 fully saturated rings. The Morgan fingerprint density at radius 2 is 1.82 bits per heavy atom. The molecule has 3 aromatic rings. The van der Waals surface area contributed by atoms with E-state index in [0.29, 0.717) is 36.4 Å². The Labute approximate surface area is 267 Å². The van der Waals surface area contributed by atoms with Gasteiger partial charge in [0.15, 0.2) is 0 Å². The number of hydrogen-bond acceptors (Lipinski definition) is 7. The molecule has 2 saturated heterocycles. The van der Waals surface area contributed by atoms with E-state index in [4.69, 9.17) is 16.3 Å². The molecule has 0 spiro atoms. The number of allylic oxidation sites excluding steroid dienone is 2. The SMILES string of the molecule is CCC1=C2[C@@H](CC/C(=C/c3ccc(O)cc3Cl)c3ccccc3)OB(O)C[C@@H]2[C@@H]2C(=O)N(c3cccc(B(O)O)c3)C(=O)[C@@H]2C1. The Hall–Kier alpha value is -3.66. The van der Waals surface area contributed by atoms with Gasteiger partial charge in [0.05, 0.1) is 28.6 Å². The first-order valence-corrected chi connectivity index (χ1v) is 15.7. The lowest BCUT2D eigenvalue weighted by molar-refractivity contribution is -0.122. The summed E-state index contributed by atoms with van der Waals surface area (Å²) in [5.41, 5.74) is 5.34. The average molecular weight is 626 g/mol. The van der Waals surface area contributed by atoms with E-state index in [9.17, 15) is 29.8 Å². The number of anilines is 1. The molecule has 2 amide bonds. The molecular weight excluding hydrogens is 591 g/mol. The summed E-state index contributed by atoms with van der Waals surface area (Å²) in [4.78, 5) is 28.9. The Kier molecular flexibility index (Phi) is 9.04. The first-order valence-electron chi connectivity index (χ1n) is 15.3. The molecule has 1 aliphatic carbocycles. The summed E-state index contributed by atoms with van der Waals surface area (Å²) in [6.45, 7) is 2.04. The van der Waals surface area contributed by atoms with Crippen LogP contribution >= 0.6 is 11.6 Å². The fourth-order valence-corrected chi connectivity index (χ4v) is 7.47. The van der Waals surface area contributed by atoms with Crippen LogP contribution in [-0.2, 0) is 14.2 Å². The topological polar surface area (TPSA) is 128 Å². The number of imide groups is 1. The van der Waals surface area contributed by atoms with Crippen LogP contribution in [0.3, 0.4) is 0 Å². The summed E-state index contributed by atoms with van der Waals surface area (Å²) in [6.07, 6.45) is 3.97. The molecule has 6 rings (SSSR count). The van der Waals surface area contributed by atoms with E-state index in [2.05, 4.69) is 0 Å². The second-order valence-electron chi connectivity index (χ2n) is 11.9. The molecule has 11 heteroatoms. The van der Waals surface area contributed by atoms with Crippen molar-refractivity contribution in [1.29, 1.82) is 0 Å². The average Bonchev–Trinajstić information content (AvgIpc) is 3.28. The van der Waals surface area contributed by atoms with Crippen LogP contribution < -0.4 is 10.4 Å². The summed E-state index contributed by atoms with van der Waals surface area (Å²) in [5, 5.41) is 40.6. The van der Waals surface area contributed by atoms with Crippen molar-refractivity contribution in [2.45, 2.75) is 45.0 Å². The third kappa shape index (κ3) is 6.13. The second-order valence-corrected chi connectivity index (χ2v) is 12.3. The van der Waals surface area contributed by atoms with Crippen molar-refractivity contribution in [3.05, 3.63) is 100 Å². The molecule has 4 atom stereocenters. The van der Waals surface area contributed by atoms with Crippen molar-refractivity contribution >= 4 is 60.5 Å². The summed E-state index contributed by atoms with van der Waals surface area (Å²) in [5.74, 6) is -2.14. The monoisotopic (exact) mass is 625 g/mol. The minimum absolute atomic E-state index is 0.0841. The van der Waals surface area contributed by atoms with Gasteiger partial charge in [0, 0.05) is 0 Å². The van der Waals surface area contributed by atoms with Crippen LogP contribution in [-0.4, -0.2) is 52.3 Å². The zero-order chi connectivity index (χ0) is 31.8. The van der Waals surface area contributed by atoms with Gasteiger partial charge in [-0.05, 0) is 102 Å². The second kappa shape index (κ2) is 13.0. The minimum Gasteiger partial charge on any atom is -0.508 e. The predicted molar refractivity (Wildman–Crippen MR) is 175 cm³/mol. The normalized spacial score (nSPS) is 23.4. The van der Waals surface area contributed by atoms with Gasteiger partial charge in [-0.1, -0.05) is 66.6 Å². The first-order chi connectivity index (χ1) is 21.7. The van der Waals surface area contributed by atoms with E-state index in [0.717, 1.165) is 27.8 Å². The molecule has 0 bridgehead atoms. The van der Waals surface area contributed by atoms with Crippen molar-refractivity contribution in [2.75, 3.05) is 4.90 Å². The molecule has 0 saturated carbocycles. The Morgan fingerprint density at radius 1 is 1.04 bits per heavy atom. The lowest BCUT2D eigenvalue weighted by Gasteiger charge is -2.43. The molecule has 2 heterocycles. The molecule has 2 aliphatic heterocycles. The highest BCUT2D eigenvalue weighted by molar-refractivity contribution is 6.58. The van der Waals surface area contributed by atoms with E-state index in [-0.39, 0.29) is 35.3 Å². The number of carbonyl (C=O) groups excluding carboxylic acids is 2. The third-order valence-electron chi connectivity index (χ3n) is 9.30. The van der Waals surface area contributed by atoms with Gasteiger partial charge in [-0.25, -0.2) is 0 Å². The molecule has 3 aromatic carbocycles. The van der Waals surface area contributed by atoms with Gasteiger partial charge in [-0.15, -0.1) is 0 Å². The van der Waals surface area contributed by atoms with Gasteiger partial charge in [0.1, 0.15) is 5.75 Å². The maximum Gasteiger partial charge on any atom is 0.488 e. The number of rotatable bonds is 8. The lowest BCUT2D eigenvalue weighted by atomic mass is 9.58. The van der Waals surface area contributed by atoms with Crippen molar-refractivity contribution < 1.29 is 34.4 Å². The predicted octanol–water partition coefficient (Wildman–Crippen LogP) is 4.46. The van der Waals surface area contributed by atoms with Crippen molar-refractivity contribution in [3.8, 4) is 5.75 Å². The van der Waals surface area contributed by atoms with E-state index < -0.39 is 32.2 Å². The molecule has 45 heavy (non-hydrogen) atoms. The van der Waals surface area contributed by atoms with E-state index >= 15 is 0 Å². The molecular formula is C34H34B2ClNO7. The third-order valence-corrected chi connectivity index (χ3v) is 9.62. The van der Waals surface area contributed by atoms with Crippen LogP contribution in [0.2, 0.25) is 11.3 Å². The van der Waals surface area contributed by atoms with Gasteiger partial charge >= 0.3 is 14.2 Å². The smallest absolute Gasteiger partial charge is 0.488 e. The quantitative estimate of drug-likeness (QED) is 0.126. The number of halogens is 1. The highest BCUT2D eigenvalue weighted by Gasteiger charge is 2.57. The highest BCUT2D eigenvalue weighted by atomic mass is 35.5. The molecule has 8 nitrogen and oxygen atoms in total. The van der Waals surface area contributed by atoms with Crippen LogP contribution in [0, 0.1) is 17.8 Å². The Bertz CT molecular complexity index is 1680. The summed E-state index contributed by atoms with van der Waals surface area (Å²) < 4.78 is 6.17. The van der Waals surface area contributed by atoms with Gasteiger partial charge in [0.2, 0.25) is 11.8 Å². The number of fused-ring (bicyclic) bond motifs is 3. The lowest BCUT2D eigenvalue weighted by Crippen LogP contribution is -2.46. The van der Waals surface area contributed by atoms with Crippen molar-refractivity contribution in [3.63, 3.8) is 0 Å². The summed E-state index contributed by atoms with van der Waals surface area (Å²) in [7, 11) is -2.83. The molecule has 0 unspecified atom stereocenters. The first kappa shape index (κ1) is 31.3. The summed E-state index contributed by atoms with van der Waals surface area (Å²) >= 11 is 6.46. The molecule has 0 aromatic heterocycles. The number of amides is 2. The highest BCUT2D eigenvalue weighted by Crippen LogP contribution is 2.52. The fraction of sp³-hybridized carbons (Fsp3) is 0.294. The number of phenolic OH excluding ortho intramolecular Hbond substituents is 1. The molecule has 4 N–H and O–H groups in total. The maximum absolute atomic E-state index is 14.0. The minimum atomic E-state index is -1.73. The van der Waals surface area contributed by atoms with Crippen molar-refractivity contribution in [2.24, 2.45) is 17.8 Å². The Balaban J connectivity index is 1.31. The van der Waals surface area contributed by atoms with E-state index in [1.54, 1.807) is 24.3 Å². The summed E-state index contributed by atoms with van der Waals surface area (Å²) in [6, 6.07) is 20.9. The maximum atomic E-state index is 14.0. The van der Waals surface area contributed by atoms with Gasteiger partial charge in [-0.2, -0.15) is 0 Å². The fourth-order valence-electron chi connectivity index (χ4n) is 7.24.